The van der Waals surface area contributed by atoms with Crippen molar-refractivity contribution in [3.63, 3.8) is 0 Å². The van der Waals surface area contributed by atoms with E-state index in [1.807, 2.05) is 37.3 Å². The van der Waals surface area contributed by atoms with E-state index in [-0.39, 0.29) is 29.3 Å². The predicted octanol–water partition coefficient (Wildman–Crippen LogP) is 5.40. The lowest BCUT2D eigenvalue weighted by Gasteiger charge is -2.19. The molecule has 5 heteroatoms. The highest BCUT2D eigenvalue weighted by Gasteiger charge is 2.21. The number of rotatable bonds is 5. The summed E-state index contributed by atoms with van der Waals surface area (Å²) in [6.07, 6.45) is -0.263. The maximum atomic E-state index is 13.2. The van der Waals surface area contributed by atoms with E-state index >= 15 is 0 Å². The van der Waals surface area contributed by atoms with E-state index in [2.05, 4.69) is 20.8 Å². The van der Waals surface area contributed by atoms with Gasteiger partial charge in [0.1, 0.15) is 5.58 Å². The molecule has 1 aromatic heterocycles. The summed E-state index contributed by atoms with van der Waals surface area (Å²) in [5, 5.41) is 0.414. The van der Waals surface area contributed by atoms with Gasteiger partial charge in [0.2, 0.25) is 11.2 Å². The second kappa shape index (κ2) is 8.34. The zero-order chi connectivity index (χ0) is 22.1. The second-order valence-corrected chi connectivity index (χ2v) is 8.74. The number of ether oxygens (including phenoxy) is 2. The largest absolute Gasteiger partial charge is 0.474 e. The van der Waals surface area contributed by atoms with Crippen LogP contribution in [0.15, 0.2) is 51.7 Å². The molecule has 0 aliphatic carbocycles. The van der Waals surface area contributed by atoms with E-state index in [9.17, 15) is 9.59 Å². The van der Waals surface area contributed by atoms with E-state index in [1.54, 1.807) is 26.0 Å². The molecule has 3 rings (SSSR count). The van der Waals surface area contributed by atoms with Crippen LogP contribution >= 0.6 is 0 Å². The Morgan fingerprint density at radius 1 is 1.07 bits per heavy atom. The maximum Gasteiger partial charge on any atom is 0.344 e. The average molecular weight is 408 g/mol. The van der Waals surface area contributed by atoms with E-state index in [1.165, 1.54) is 0 Å². The predicted molar refractivity (Wildman–Crippen MR) is 118 cm³/mol. The van der Waals surface area contributed by atoms with Crippen LogP contribution < -0.4 is 10.2 Å². The molecule has 0 unspecified atom stereocenters. The van der Waals surface area contributed by atoms with Crippen LogP contribution in [-0.2, 0) is 14.9 Å². The van der Waals surface area contributed by atoms with Crippen molar-refractivity contribution in [2.24, 2.45) is 0 Å². The number of fused-ring (bicyclic) bond motifs is 1. The number of carbonyl (C=O) groups is 1. The molecule has 1 heterocycles. The van der Waals surface area contributed by atoms with Crippen molar-refractivity contribution in [3.05, 3.63) is 63.8 Å². The summed E-state index contributed by atoms with van der Waals surface area (Å²) in [6.45, 7) is 11.5. The third-order valence-corrected chi connectivity index (χ3v) is 4.72. The summed E-state index contributed by atoms with van der Waals surface area (Å²) in [7, 11) is 0. The van der Waals surface area contributed by atoms with Crippen LogP contribution in [0.25, 0.3) is 22.3 Å². The Hall–Kier alpha value is -3.08. The van der Waals surface area contributed by atoms with E-state index in [0.717, 1.165) is 11.1 Å². The maximum absolute atomic E-state index is 13.2. The lowest BCUT2D eigenvalue weighted by Crippen LogP contribution is -2.21. The number of benzene rings is 2. The smallest absolute Gasteiger partial charge is 0.344 e. The van der Waals surface area contributed by atoms with Gasteiger partial charge in [-0.25, -0.2) is 4.79 Å². The van der Waals surface area contributed by atoms with Crippen LogP contribution in [0.2, 0.25) is 0 Å². The molecule has 0 aliphatic rings. The molecule has 0 N–H and O–H groups in total. The molecule has 0 saturated heterocycles. The van der Waals surface area contributed by atoms with E-state index < -0.39 is 5.97 Å². The molecule has 0 amide bonds. The van der Waals surface area contributed by atoms with Gasteiger partial charge in [-0.2, -0.15) is 0 Å². The number of esters is 1. The molecule has 0 radical (unpaired) electrons. The summed E-state index contributed by atoms with van der Waals surface area (Å²) in [6, 6.07) is 13.2. The van der Waals surface area contributed by atoms with Gasteiger partial charge in [-0.3, -0.25) is 4.79 Å². The minimum atomic E-state index is -0.539. The number of aryl methyl sites for hydroxylation is 1. The Labute approximate surface area is 176 Å². The van der Waals surface area contributed by atoms with Crippen LogP contribution in [0.1, 0.15) is 45.7 Å². The molecule has 0 bridgehead atoms. The monoisotopic (exact) mass is 408 g/mol. The SMILES string of the molecule is Cc1ccc2oc(-c3ccc(C(C)(C)C)cc3)c(OCC(=O)OC(C)C)c(=O)c2c1. The molecular weight excluding hydrogens is 380 g/mol. The van der Waals surface area contributed by atoms with Crippen LogP contribution in [0.4, 0.5) is 0 Å². The van der Waals surface area contributed by atoms with Gasteiger partial charge in [0.05, 0.1) is 11.5 Å². The van der Waals surface area contributed by atoms with Crippen LogP contribution in [0.5, 0.6) is 5.75 Å². The van der Waals surface area contributed by atoms with Crippen molar-refractivity contribution in [2.75, 3.05) is 6.61 Å². The molecular formula is C25H28O5. The first-order chi connectivity index (χ1) is 14.1. The Kier molecular flexibility index (Phi) is 6.01. The third kappa shape index (κ3) is 4.73. The second-order valence-electron chi connectivity index (χ2n) is 8.74. The van der Waals surface area contributed by atoms with Crippen LogP contribution in [-0.4, -0.2) is 18.7 Å². The quantitative estimate of drug-likeness (QED) is 0.529. The Morgan fingerprint density at radius 2 is 1.73 bits per heavy atom. The fraction of sp³-hybridized carbons (Fsp3) is 0.360. The Balaban J connectivity index is 2.10. The highest BCUT2D eigenvalue weighted by atomic mass is 16.6. The molecule has 2 aromatic carbocycles. The van der Waals surface area contributed by atoms with Crippen molar-refractivity contribution in [1.29, 1.82) is 0 Å². The molecule has 0 fully saturated rings. The van der Waals surface area contributed by atoms with Gasteiger partial charge in [0.15, 0.2) is 12.4 Å². The van der Waals surface area contributed by atoms with Gasteiger partial charge >= 0.3 is 5.97 Å². The van der Waals surface area contributed by atoms with Crippen molar-refractivity contribution in [2.45, 2.75) is 53.1 Å². The fourth-order valence-corrected chi connectivity index (χ4v) is 3.16. The molecule has 0 aliphatic heterocycles. The van der Waals surface area contributed by atoms with Crippen molar-refractivity contribution < 1.29 is 18.7 Å². The minimum absolute atomic E-state index is 0.000211. The number of hydrogen-bond acceptors (Lipinski definition) is 5. The highest BCUT2D eigenvalue weighted by molar-refractivity contribution is 5.83. The Morgan fingerprint density at radius 3 is 2.33 bits per heavy atom. The summed E-state index contributed by atoms with van der Waals surface area (Å²) < 4.78 is 16.8. The van der Waals surface area contributed by atoms with Gasteiger partial charge in [-0.15, -0.1) is 0 Å². The zero-order valence-corrected chi connectivity index (χ0v) is 18.4. The molecule has 0 atom stereocenters. The van der Waals surface area contributed by atoms with E-state index in [4.69, 9.17) is 13.9 Å². The summed E-state index contributed by atoms with van der Waals surface area (Å²) in [5.41, 5.74) is 2.95. The van der Waals surface area contributed by atoms with Gasteiger partial charge in [0.25, 0.3) is 0 Å². The first-order valence-corrected chi connectivity index (χ1v) is 10.1. The fourth-order valence-electron chi connectivity index (χ4n) is 3.16. The molecule has 158 valence electrons. The van der Waals surface area contributed by atoms with Crippen LogP contribution in [0.3, 0.4) is 0 Å². The number of carbonyl (C=O) groups excluding carboxylic acids is 1. The summed E-state index contributed by atoms with van der Waals surface area (Å²) >= 11 is 0. The summed E-state index contributed by atoms with van der Waals surface area (Å²) in [4.78, 5) is 25.2. The third-order valence-electron chi connectivity index (χ3n) is 4.72. The highest BCUT2D eigenvalue weighted by Crippen LogP contribution is 2.33. The number of hydrogen-bond donors (Lipinski definition) is 0. The standard InChI is InChI=1S/C25H28O5/c1-15(2)29-21(26)14-28-24-22(27)19-13-16(3)7-12-20(19)30-23(24)17-8-10-18(11-9-17)25(4,5)6/h7-13,15H,14H2,1-6H3. The topological polar surface area (TPSA) is 65.7 Å². The molecule has 30 heavy (non-hydrogen) atoms. The average Bonchev–Trinajstić information content (AvgIpc) is 2.66. The molecule has 0 saturated carbocycles. The first-order valence-electron chi connectivity index (χ1n) is 10.1. The minimum Gasteiger partial charge on any atom is -0.474 e. The first kappa shape index (κ1) is 21.6. The van der Waals surface area contributed by atoms with Crippen molar-refractivity contribution in [1.82, 2.24) is 0 Å². The van der Waals surface area contributed by atoms with Gasteiger partial charge in [-0.05, 0) is 43.9 Å². The normalized spacial score (nSPS) is 11.7. The summed E-state index contributed by atoms with van der Waals surface area (Å²) in [5.74, 6) is -0.228. The van der Waals surface area contributed by atoms with E-state index in [0.29, 0.717) is 22.3 Å². The van der Waals surface area contributed by atoms with Gasteiger partial charge in [0, 0.05) is 5.56 Å². The molecule has 0 spiro atoms. The lowest BCUT2D eigenvalue weighted by atomic mass is 9.86. The Bertz CT molecular complexity index is 1120. The van der Waals surface area contributed by atoms with Crippen molar-refractivity contribution in [3.8, 4) is 17.1 Å². The molecule has 5 nitrogen and oxygen atoms in total. The van der Waals surface area contributed by atoms with Crippen molar-refractivity contribution >= 4 is 16.9 Å². The van der Waals surface area contributed by atoms with Gasteiger partial charge in [-0.1, -0.05) is 56.7 Å². The zero-order valence-electron chi connectivity index (χ0n) is 18.4. The van der Waals surface area contributed by atoms with Gasteiger partial charge < -0.3 is 13.9 Å². The van der Waals surface area contributed by atoms with Crippen LogP contribution in [0, 0.1) is 6.92 Å². The molecule has 3 aromatic rings. The lowest BCUT2D eigenvalue weighted by molar-refractivity contribution is -0.149.